The molecule has 2 N–H and O–H groups in total. The van der Waals surface area contributed by atoms with Crippen LogP contribution in [0.25, 0.3) is 11.3 Å². The average molecular weight is 272 g/mol. The van der Waals surface area contributed by atoms with Crippen LogP contribution in [0.5, 0.6) is 0 Å². The monoisotopic (exact) mass is 272 g/mol. The third-order valence-corrected chi connectivity index (χ3v) is 3.01. The van der Waals surface area contributed by atoms with Gasteiger partial charge in [-0.1, -0.05) is 0 Å². The molecular weight excluding hydrogens is 264 g/mol. The zero-order chi connectivity index (χ0) is 13.1. The van der Waals surface area contributed by atoms with E-state index in [1.165, 1.54) is 11.3 Å². The van der Waals surface area contributed by atoms with E-state index in [9.17, 15) is 4.79 Å². The Morgan fingerprint density at radius 3 is 2.89 bits per heavy atom. The van der Waals surface area contributed by atoms with Gasteiger partial charge >= 0.3 is 0 Å². The number of rotatable bonds is 3. The second kappa shape index (κ2) is 4.94. The van der Waals surface area contributed by atoms with Gasteiger partial charge in [-0.05, 0) is 12.1 Å². The van der Waals surface area contributed by atoms with E-state index in [1.54, 1.807) is 30.0 Å². The molecule has 0 aliphatic carbocycles. The number of hydrogen-bond donors (Lipinski definition) is 2. The highest BCUT2D eigenvalue weighted by Crippen LogP contribution is 2.26. The van der Waals surface area contributed by atoms with Crippen LogP contribution in [-0.4, -0.2) is 20.2 Å². The first-order valence-electron chi connectivity index (χ1n) is 5.37. The van der Waals surface area contributed by atoms with Crippen LogP contribution >= 0.6 is 11.3 Å². The van der Waals surface area contributed by atoms with Crippen LogP contribution in [0.2, 0.25) is 0 Å². The maximum absolute atomic E-state index is 11.7. The minimum absolute atomic E-state index is 0.211. The lowest BCUT2D eigenvalue weighted by molar-refractivity contribution is 1.06. The number of azo groups is 1. The summed E-state index contributed by atoms with van der Waals surface area (Å²) in [5.74, 6) is 0. The molecule has 0 spiro atoms. The Morgan fingerprint density at radius 2 is 2.16 bits per heavy atom. The first-order valence-corrected chi connectivity index (χ1v) is 6.25. The number of pyridine rings is 1. The topological polar surface area (TPSA) is 99.2 Å². The number of hydrogen-bond acceptors (Lipinski definition) is 6. The fraction of sp³-hybridized carbons (Fsp3) is 0. The summed E-state index contributed by atoms with van der Waals surface area (Å²) in [7, 11) is 0. The first kappa shape index (κ1) is 11.5. The van der Waals surface area contributed by atoms with E-state index < -0.39 is 0 Å². The fourth-order valence-corrected chi connectivity index (χ4v) is 1.98. The molecule has 0 saturated carbocycles. The van der Waals surface area contributed by atoms with E-state index in [1.807, 2.05) is 6.07 Å². The third kappa shape index (κ3) is 2.33. The second-order valence-corrected chi connectivity index (χ2v) is 4.43. The lowest BCUT2D eigenvalue weighted by Gasteiger charge is -1.96. The molecule has 0 aromatic carbocycles. The highest BCUT2D eigenvalue weighted by molar-refractivity contribution is 7.13. The minimum atomic E-state index is -0.334. The van der Waals surface area contributed by atoms with Gasteiger partial charge in [0.25, 0.3) is 5.56 Å². The quantitative estimate of drug-likeness (QED) is 0.717. The molecule has 0 amide bonds. The summed E-state index contributed by atoms with van der Waals surface area (Å²) in [6.07, 6.45) is 4.93. The molecule has 7 nitrogen and oxygen atoms in total. The first-order chi connectivity index (χ1) is 9.34. The van der Waals surface area contributed by atoms with Crippen molar-refractivity contribution in [3.8, 4) is 11.3 Å². The van der Waals surface area contributed by atoms with Gasteiger partial charge in [-0.2, -0.15) is 0 Å². The van der Waals surface area contributed by atoms with Gasteiger partial charge in [-0.3, -0.25) is 20.0 Å². The number of thiazole rings is 1. The molecule has 19 heavy (non-hydrogen) atoms. The highest BCUT2D eigenvalue weighted by Gasteiger charge is 2.11. The van der Waals surface area contributed by atoms with Crippen molar-refractivity contribution in [3.63, 3.8) is 0 Å². The van der Waals surface area contributed by atoms with Crippen molar-refractivity contribution in [2.75, 3.05) is 0 Å². The van der Waals surface area contributed by atoms with Crippen molar-refractivity contribution < 1.29 is 0 Å². The number of aromatic nitrogens is 4. The Labute approximate surface area is 111 Å². The number of H-pyrrole nitrogens is 2. The van der Waals surface area contributed by atoms with Crippen molar-refractivity contribution in [2.45, 2.75) is 0 Å². The molecular formula is C11H8N6OS. The maximum atomic E-state index is 11.7. The minimum Gasteiger partial charge on any atom is -0.295 e. The SMILES string of the molecule is O=c1[nH][nH]c(-c2cccnc2)c1N=Nc1nccs1. The summed E-state index contributed by atoms with van der Waals surface area (Å²) in [6, 6.07) is 3.61. The summed E-state index contributed by atoms with van der Waals surface area (Å²) in [4.78, 5) is 19.7. The van der Waals surface area contributed by atoms with E-state index in [4.69, 9.17) is 0 Å². The average Bonchev–Trinajstić information content (AvgIpc) is 3.07. The smallest absolute Gasteiger partial charge is 0.292 e. The van der Waals surface area contributed by atoms with Crippen molar-refractivity contribution in [2.24, 2.45) is 10.2 Å². The summed E-state index contributed by atoms with van der Waals surface area (Å²) >= 11 is 1.35. The Morgan fingerprint density at radius 1 is 1.21 bits per heavy atom. The molecule has 0 saturated heterocycles. The van der Waals surface area contributed by atoms with Crippen LogP contribution in [0, 0.1) is 0 Å². The zero-order valence-electron chi connectivity index (χ0n) is 9.57. The molecule has 3 aromatic rings. The standard InChI is InChI=1S/C11H8N6OS/c18-10-9(15-17-11-13-4-5-19-11)8(14-16-10)7-2-1-3-12-6-7/h1-6H,(H2,14,16,18). The van der Waals surface area contributed by atoms with E-state index in [2.05, 4.69) is 30.4 Å². The van der Waals surface area contributed by atoms with E-state index in [0.29, 0.717) is 10.8 Å². The number of aromatic amines is 2. The molecule has 3 rings (SSSR count). The predicted molar refractivity (Wildman–Crippen MR) is 70.9 cm³/mol. The van der Waals surface area contributed by atoms with Gasteiger partial charge in [0.15, 0.2) is 5.69 Å². The molecule has 3 aromatic heterocycles. The molecule has 94 valence electrons. The summed E-state index contributed by atoms with van der Waals surface area (Å²) in [5, 5.41) is 15.4. The number of nitrogens with one attached hydrogen (secondary N) is 2. The van der Waals surface area contributed by atoms with Crippen LogP contribution in [0.15, 0.2) is 51.1 Å². The molecule has 0 unspecified atom stereocenters. The van der Waals surface area contributed by atoms with Gasteiger partial charge in [-0.25, -0.2) is 4.98 Å². The number of nitrogens with zero attached hydrogens (tertiary/aromatic N) is 4. The molecule has 8 heteroatoms. The molecule has 0 aliphatic rings. The molecule has 0 aliphatic heterocycles. The lowest BCUT2D eigenvalue weighted by atomic mass is 10.2. The van der Waals surface area contributed by atoms with Crippen molar-refractivity contribution >= 4 is 22.2 Å². The molecule has 3 heterocycles. The van der Waals surface area contributed by atoms with Crippen LogP contribution < -0.4 is 5.56 Å². The Bertz CT molecular complexity index is 743. The summed E-state index contributed by atoms with van der Waals surface area (Å²) in [6.45, 7) is 0. The van der Waals surface area contributed by atoms with Gasteiger partial charge in [0.2, 0.25) is 5.13 Å². The van der Waals surface area contributed by atoms with Crippen LogP contribution in [0.1, 0.15) is 0 Å². The Balaban J connectivity index is 2.02. The Hall–Kier alpha value is -2.61. The van der Waals surface area contributed by atoms with Gasteiger partial charge in [0.1, 0.15) is 0 Å². The fourth-order valence-electron chi connectivity index (χ4n) is 1.52. The molecule has 0 radical (unpaired) electrons. The van der Waals surface area contributed by atoms with Crippen LogP contribution in [0.4, 0.5) is 10.8 Å². The molecule has 0 bridgehead atoms. The predicted octanol–water partition coefficient (Wildman–Crippen LogP) is 2.64. The van der Waals surface area contributed by atoms with Crippen LogP contribution in [-0.2, 0) is 0 Å². The lowest BCUT2D eigenvalue weighted by Crippen LogP contribution is -1.96. The molecule has 0 atom stereocenters. The van der Waals surface area contributed by atoms with Crippen LogP contribution in [0.3, 0.4) is 0 Å². The van der Waals surface area contributed by atoms with Crippen molar-refractivity contribution in [1.29, 1.82) is 0 Å². The van der Waals surface area contributed by atoms with E-state index in [0.717, 1.165) is 5.56 Å². The van der Waals surface area contributed by atoms with Gasteiger partial charge < -0.3 is 0 Å². The van der Waals surface area contributed by atoms with E-state index >= 15 is 0 Å². The normalized spacial score (nSPS) is 11.2. The van der Waals surface area contributed by atoms with Crippen molar-refractivity contribution in [3.05, 3.63) is 46.5 Å². The maximum Gasteiger partial charge on any atom is 0.292 e. The van der Waals surface area contributed by atoms with Gasteiger partial charge in [-0.15, -0.1) is 21.6 Å². The second-order valence-electron chi connectivity index (χ2n) is 3.56. The Kier molecular flexibility index (Phi) is 2.99. The largest absolute Gasteiger partial charge is 0.295 e. The molecule has 0 fully saturated rings. The summed E-state index contributed by atoms with van der Waals surface area (Å²) in [5.41, 5.74) is 1.19. The zero-order valence-corrected chi connectivity index (χ0v) is 10.4. The summed E-state index contributed by atoms with van der Waals surface area (Å²) < 4.78 is 0. The highest BCUT2D eigenvalue weighted by atomic mass is 32.1. The van der Waals surface area contributed by atoms with Gasteiger partial charge in [0, 0.05) is 29.5 Å². The third-order valence-electron chi connectivity index (χ3n) is 2.36. The van der Waals surface area contributed by atoms with Gasteiger partial charge in [0.05, 0.1) is 5.69 Å². The van der Waals surface area contributed by atoms with Crippen molar-refractivity contribution in [1.82, 2.24) is 20.2 Å². The van der Waals surface area contributed by atoms with E-state index in [-0.39, 0.29) is 11.2 Å².